The van der Waals surface area contributed by atoms with Crippen LogP contribution in [0.4, 0.5) is 4.39 Å². The molecule has 0 bridgehead atoms. The van der Waals surface area contributed by atoms with Gasteiger partial charge in [0.15, 0.2) is 0 Å². The highest BCUT2D eigenvalue weighted by Gasteiger charge is 2.10. The third-order valence-electron chi connectivity index (χ3n) is 1.77. The summed E-state index contributed by atoms with van der Waals surface area (Å²) in [7, 11) is 0. The summed E-state index contributed by atoms with van der Waals surface area (Å²) in [6.45, 7) is 0.538. The monoisotopic (exact) mass is 337 g/mol. The number of carbonyl (C=O) groups excluding carboxylic acids is 1. The minimum atomic E-state index is -0.505. The zero-order valence-electron chi connectivity index (χ0n) is 7.90. The van der Waals surface area contributed by atoms with Crippen molar-refractivity contribution in [3.63, 3.8) is 0 Å². The highest BCUT2D eigenvalue weighted by molar-refractivity contribution is 9.10. The molecule has 0 atom stereocenters. The molecule has 1 aromatic carbocycles. The second-order valence-electron chi connectivity index (χ2n) is 2.92. The molecule has 0 aliphatic heterocycles. The first-order valence-corrected chi connectivity index (χ1v) is 6.36. The molecule has 0 aliphatic rings. The molecule has 0 saturated heterocycles. The Balaban J connectivity index is 2.68. The summed E-state index contributed by atoms with van der Waals surface area (Å²) < 4.78 is 13.9. The van der Waals surface area contributed by atoms with Gasteiger partial charge in [-0.25, -0.2) is 4.39 Å². The van der Waals surface area contributed by atoms with Gasteiger partial charge in [0.1, 0.15) is 5.82 Å². The lowest BCUT2D eigenvalue weighted by Crippen LogP contribution is -2.25. The van der Waals surface area contributed by atoms with E-state index in [4.69, 9.17) is 0 Å². The summed E-state index contributed by atoms with van der Waals surface area (Å²) in [5, 5.41) is 3.45. The Morgan fingerprint density at radius 2 is 2.20 bits per heavy atom. The third-order valence-corrected chi connectivity index (χ3v) is 2.82. The van der Waals surface area contributed by atoms with Crippen molar-refractivity contribution in [2.75, 3.05) is 11.9 Å². The molecule has 1 aromatic rings. The number of amides is 1. The van der Waals surface area contributed by atoms with Gasteiger partial charge in [-0.15, -0.1) is 0 Å². The molecule has 0 fully saturated rings. The first kappa shape index (κ1) is 12.6. The van der Waals surface area contributed by atoms with Gasteiger partial charge in [-0.2, -0.15) is 0 Å². The van der Waals surface area contributed by atoms with Crippen LogP contribution in [0.15, 0.2) is 22.7 Å². The molecule has 15 heavy (non-hydrogen) atoms. The van der Waals surface area contributed by atoms with Crippen LogP contribution in [0.25, 0.3) is 0 Å². The van der Waals surface area contributed by atoms with Gasteiger partial charge in [0, 0.05) is 16.3 Å². The fourth-order valence-corrected chi connectivity index (χ4v) is 1.68. The van der Waals surface area contributed by atoms with Crippen LogP contribution in [0.1, 0.15) is 16.8 Å². The minimum Gasteiger partial charge on any atom is -0.352 e. The van der Waals surface area contributed by atoms with Crippen LogP contribution in [0, 0.1) is 5.82 Å². The van der Waals surface area contributed by atoms with Crippen molar-refractivity contribution >= 4 is 37.8 Å². The summed E-state index contributed by atoms with van der Waals surface area (Å²) in [6.07, 6.45) is 0.821. The predicted molar refractivity (Wildman–Crippen MR) is 64.8 cm³/mol. The lowest BCUT2D eigenvalue weighted by molar-refractivity contribution is 0.0949. The Hall–Kier alpha value is -0.420. The van der Waals surface area contributed by atoms with E-state index >= 15 is 0 Å². The van der Waals surface area contributed by atoms with Gasteiger partial charge in [-0.05, 0) is 24.6 Å². The standard InChI is InChI=1S/C10H10Br2FNO/c11-4-1-5-14-10(15)8-6-7(12)2-3-9(8)13/h2-3,6H,1,4-5H2,(H,14,15). The zero-order chi connectivity index (χ0) is 11.3. The van der Waals surface area contributed by atoms with E-state index < -0.39 is 5.82 Å². The number of carbonyl (C=O) groups is 1. The van der Waals surface area contributed by atoms with Crippen molar-refractivity contribution in [3.8, 4) is 0 Å². The van der Waals surface area contributed by atoms with Gasteiger partial charge in [-0.3, -0.25) is 4.79 Å². The largest absolute Gasteiger partial charge is 0.352 e. The maximum Gasteiger partial charge on any atom is 0.254 e. The molecule has 5 heteroatoms. The molecule has 0 aromatic heterocycles. The number of hydrogen-bond donors (Lipinski definition) is 1. The highest BCUT2D eigenvalue weighted by atomic mass is 79.9. The number of halogens is 3. The van der Waals surface area contributed by atoms with E-state index in [-0.39, 0.29) is 11.5 Å². The normalized spacial score (nSPS) is 10.1. The summed E-state index contributed by atoms with van der Waals surface area (Å²) >= 11 is 6.44. The Bertz CT molecular complexity index is 357. The van der Waals surface area contributed by atoms with E-state index in [1.807, 2.05) is 0 Å². The number of hydrogen-bond acceptors (Lipinski definition) is 1. The summed E-state index contributed by atoms with van der Waals surface area (Å²) in [5.74, 6) is -0.885. The molecule has 1 amide bonds. The molecule has 1 rings (SSSR count). The molecule has 0 spiro atoms. The molecular formula is C10H10Br2FNO. The molecule has 0 saturated carbocycles. The Morgan fingerprint density at radius 1 is 1.47 bits per heavy atom. The molecular weight excluding hydrogens is 329 g/mol. The lowest BCUT2D eigenvalue weighted by Gasteiger charge is -2.05. The first-order valence-electron chi connectivity index (χ1n) is 4.44. The van der Waals surface area contributed by atoms with Crippen LogP contribution in [0.5, 0.6) is 0 Å². The summed E-state index contributed by atoms with van der Waals surface area (Å²) in [4.78, 5) is 11.5. The van der Waals surface area contributed by atoms with Crippen LogP contribution in [0.3, 0.4) is 0 Å². The number of alkyl halides is 1. The van der Waals surface area contributed by atoms with Crippen molar-refractivity contribution in [1.82, 2.24) is 5.32 Å². The molecule has 2 nitrogen and oxygen atoms in total. The van der Waals surface area contributed by atoms with Crippen molar-refractivity contribution in [2.45, 2.75) is 6.42 Å². The van der Waals surface area contributed by atoms with Gasteiger partial charge < -0.3 is 5.32 Å². The Labute approximate surface area is 105 Å². The first-order chi connectivity index (χ1) is 7.15. The highest BCUT2D eigenvalue weighted by Crippen LogP contribution is 2.15. The number of benzene rings is 1. The van der Waals surface area contributed by atoms with E-state index in [0.29, 0.717) is 11.0 Å². The molecule has 1 N–H and O–H groups in total. The third kappa shape index (κ3) is 3.91. The summed E-state index contributed by atoms with van der Waals surface area (Å²) in [5.41, 5.74) is 0.0685. The fourth-order valence-electron chi connectivity index (χ4n) is 1.04. The van der Waals surface area contributed by atoms with Crippen LogP contribution < -0.4 is 5.32 Å². The van der Waals surface area contributed by atoms with Crippen LogP contribution >= 0.6 is 31.9 Å². The number of rotatable bonds is 4. The van der Waals surface area contributed by atoms with Crippen LogP contribution in [-0.2, 0) is 0 Å². The predicted octanol–water partition coefficient (Wildman–Crippen LogP) is 3.10. The molecule has 0 unspecified atom stereocenters. The van der Waals surface area contributed by atoms with E-state index in [9.17, 15) is 9.18 Å². The average Bonchev–Trinajstić information content (AvgIpc) is 2.22. The smallest absolute Gasteiger partial charge is 0.254 e. The van der Waals surface area contributed by atoms with E-state index in [2.05, 4.69) is 37.2 Å². The Kier molecular flexibility index (Phi) is 5.25. The van der Waals surface area contributed by atoms with Crippen molar-refractivity contribution in [3.05, 3.63) is 34.1 Å². The van der Waals surface area contributed by atoms with Gasteiger partial charge in [0.05, 0.1) is 5.56 Å². The van der Waals surface area contributed by atoms with Gasteiger partial charge in [0.25, 0.3) is 5.91 Å². The second kappa shape index (κ2) is 6.23. The maximum absolute atomic E-state index is 13.2. The van der Waals surface area contributed by atoms with Crippen molar-refractivity contribution in [1.29, 1.82) is 0 Å². The van der Waals surface area contributed by atoms with E-state index in [0.717, 1.165) is 11.8 Å². The lowest BCUT2D eigenvalue weighted by atomic mass is 10.2. The molecule has 0 heterocycles. The van der Waals surface area contributed by atoms with Gasteiger partial charge in [0.2, 0.25) is 0 Å². The van der Waals surface area contributed by atoms with Crippen LogP contribution in [0.2, 0.25) is 0 Å². The topological polar surface area (TPSA) is 29.1 Å². The van der Waals surface area contributed by atoms with Crippen molar-refractivity contribution < 1.29 is 9.18 Å². The molecule has 0 aliphatic carbocycles. The molecule has 82 valence electrons. The number of nitrogens with one attached hydrogen (secondary N) is 1. The van der Waals surface area contributed by atoms with E-state index in [1.54, 1.807) is 6.07 Å². The fraction of sp³-hybridized carbons (Fsp3) is 0.300. The maximum atomic E-state index is 13.2. The SMILES string of the molecule is O=C(NCCCBr)c1cc(Br)ccc1F. The average molecular weight is 339 g/mol. The van der Waals surface area contributed by atoms with Crippen LogP contribution in [-0.4, -0.2) is 17.8 Å². The van der Waals surface area contributed by atoms with E-state index in [1.165, 1.54) is 12.1 Å². The van der Waals surface area contributed by atoms with Crippen molar-refractivity contribution in [2.24, 2.45) is 0 Å². The Morgan fingerprint density at radius 3 is 2.87 bits per heavy atom. The van der Waals surface area contributed by atoms with Gasteiger partial charge >= 0.3 is 0 Å². The zero-order valence-corrected chi connectivity index (χ0v) is 11.1. The second-order valence-corrected chi connectivity index (χ2v) is 4.63. The quantitative estimate of drug-likeness (QED) is 0.663. The summed E-state index contributed by atoms with van der Waals surface area (Å²) in [6, 6.07) is 4.30. The molecule has 0 radical (unpaired) electrons. The van der Waals surface area contributed by atoms with Gasteiger partial charge in [-0.1, -0.05) is 31.9 Å². The minimum absolute atomic E-state index is 0.0685.